The molecule has 0 aliphatic carbocycles. The molecular weight excluding hydrogens is 206 g/mol. The number of carbonyl (C=O) groups excluding carboxylic acids is 2. The van der Waals surface area contributed by atoms with E-state index >= 15 is 0 Å². The Morgan fingerprint density at radius 1 is 1.44 bits per heavy atom. The average Bonchev–Trinajstić information content (AvgIpc) is 2.58. The van der Waals surface area contributed by atoms with Crippen molar-refractivity contribution in [2.75, 3.05) is 7.11 Å². The number of rotatable bonds is 3. The first-order valence-electron chi connectivity index (χ1n) is 5.15. The number of ether oxygens (including phenoxy) is 1. The fourth-order valence-electron chi connectivity index (χ4n) is 1.86. The van der Waals surface area contributed by atoms with Crippen LogP contribution in [0.4, 0.5) is 0 Å². The SMILES string of the molecule is COc1cccc(C[C@H]2CC(=O)NC2=O)c1. The summed E-state index contributed by atoms with van der Waals surface area (Å²) >= 11 is 0. The van der Waals surface area contributed by atoms with Crippen molar-refractivity contribution in [2.45, 2.75) is 12.8 Å². The molecule has 1 N–H and O–H groups in total. The van der Waals surface area contributed by atoms with Gasteiger partial charge in [0, 0.05) is 6.42 Å². The van der Waals surface area contributed by atoms with Gasteiger partial charge in [0.1, 0.15) is 5.75 Å². The van der Waals surface area contributed by atoms with Crippen LogP contribution in [0.15, 0.2) is 24.3 Å². The molecule has 4 heteroatoms. The number of benzene rings is 1. The van der Waals surface area contributed by atoms with Gasteiger partial charge in [0.25, 0.3) is 0 Å². The van der Waals surface area contributed by atoms with Crippen LogP contribution in [0, 0.1) is 5.92 Å². The van der Waals surface area contributed by atoms with Crippen molar-refractivity contribution in [3.63, 3.8) is 0 Å². The highest BCUT2D eigenvalue weighted by atomic mass is 16.5. The fourth-order valence-corrected chi connectivity index (χ4v) is 1.86. The molecular formula is C12H13NO3. The molecule has 2 amide bonds. The lowest BCUT2D eigenvalue weighted by atomic mass is 9.98. The van der Waals surface area contributed by atoms with Crippen molar-refractivity contribution in [3.05, 3.63) is 29.8 Å². The van der Waals surface area contributed by atoms with Crippen molar-refractivity contribution in [1.82, 2.24) is 5.32 Å². The van der Waals surface area contributed by atoms with Crippen molar-refractivity contribution in [2.24, 2.45) is 5.92 Å². The lowest BCUT2D eigenvalue weighted by Gasteiger charge is -2.07. The molecule has 84 valence electrons. The molecule has 16 heavy (non-hydrogen) atoms. The summed E-state index contributed by atoms with van der Waals surface area (Å²) in [5.74, 6) is 0.174. The van der Waals surface area contributed by atoms with Gasteiger partial charge in [-0.15, -0.1) is 0 Å². The Bertz CT molecular complexity index is 428. The molecule has 0 unspecified atom stereocenters. The molecule has 0 bridgehead atoms. The maximum atomic E-state index is 11.4. The van der Waals surface area contributed by atoms with Crippen molar-refractivity contribution in [3.8, 4) is 5.75 Å². The molecule has 1 aromatic rings. The smallest absolute Gasteiger partial charge is 0.230 e. The second kappa shape index (κ2) is 4.35. The third-order valence-electron chi connectivity index (χ3n) is 2.68. The van der Waals surface area contributed by atoms with Crippen LogP contribution in [0.5, 0.6) is 5.75 Å². The van der Waals surface area contributed by atoms with Crippen LogP contribution in [0.1, 0.15) is 12.0 Å². The number of hydrogen-bond donors (Lipinski definition) is 1. The molecule has 0 saturated carbocycles. The standard InChI is InChI=1S/C12H13NO3/c1-16-10-4-2-3-8(6-10)5-9-7-11(14)13-12(9)15/h2-4,6,9H,5,7H2,1H3,(H,13,14,15)/t9-/m0/s1. The van der Waals surface area contributed by atoms with Crippen LogP contribution in [0.3, 0.4) is 0 Å². The molecule has 1 atom stereocenters. The molecule has 1 saturated heterocycles. The Labute approximate surface area is 93.6 Å². The van der Waals surface area contributed by atoms with E-state index in [9.17, 15) is 9.59 Å². The van der Waals surface area contributed by atoms with Gasteiger partial charge in [-0.2, -0.15) is 0 Å². The maximum absolute atomic E-state index is 11.4. The van der Waals surface area contributed by atoms with E-state index in [1.807, 2.05) is 24.3 Å². The van der Waals surface area contributed by atoms with E-state index in [1.165, 1.54) is 0 Å². The molecule has 0 spiro atoms. The molecule has 0 aromatic heterocycles. The summed E-state index contributed by atoms with van der Waals surface area (Å²) in [6, 6.07) is 7.54. The van der Waals surface area contributed by atoms with E-state index in [-0.39, 0.29) is 24.2 Å². The summed E-state index contributed by atoms with van der Waals surface area (Å²) in [4.78, 5) is 22.4. The highest BCUT2D eigenvalue weighted by Crippen LogP contribution is 2.20. The first-order chi connectivity index (χ1) is 7.69. The van der Waals surface area contributed by atoms with E-state index in [0.29, 0.717) is 6.42 Å². The Morgan fingerprint density at radius 3 is 2.88 bits per heavy atom. The minimum atomic E-state index is -0.236. The third-order valence-corrected chi connectivity index (χ3v) is 2.68. The molecule has 4 nitrogen and oxygen atoms in total. The van der Waals surface area contributed by atoms with Gasteiger partial charge >= 0.3 is 0 Å². The van der Waals surface area contributed by atoms with Crippen LogP contribution >= 0.6 is 0 Å². The number of nitrogens with one attached hydrogen (secondary N) is 1. The van der Waals surface area contributed by atoms with E-state index < -0.39 is 0 Å². The second-order valence-electron chi connectivity index (χ2n) is 3.87. The number of methoxy groups -OCH3 is 1. The zero-order valence-electron chi connectivity index (χ0n) is 9.03. The van der Waals surface area contributed by atoms with Gasteiger partial charge in [-0.25, -0.2) is 0 Å². The van der Waals surface area contributed by atoms with E-state index in [1.54, 1.807) is 7.11 Å². The zero-order chi connectivity index (χ0) is 11.5. The van der Waals surface area contributed by atoms with Gasteiger partial charge in [-0.1, -0.05) is 12.1 Å². The zero-order valence-corrected chi connectivity index (χ0v) is 9.03. The topological polar surface area (TPSA) is 55.4 Å². The second-order valence-corrected chi connectivity index (χ2v) is 3.87. The van der Waals surface area contributed by atoms with Crippen LogP contribution in [-0.4, -0.2) is 18.9 Å². The van der Waals surface area contributed by atoms with Gasteiger partial charge in [-0.3, -0.25) is 14.9 Å². The minimum Gasteiger partial charge on any atom is -0.497 e. The summed E-state index contributed by atoms with van der Waals surface area (Å²) in [5, 5.41) is 2.31. The van der Waals surface area contributed by atoms with E-state index in [2.05, 4.69) is 5.32 Å². The van der Waals surface area contributed by atoms with Crippen LogP contribution in [0.2, 0.25) is 0 Å². The lowest BCUT2D eigenvalue weighted by molar-refractivity contribution is -0.125. The minimum absolute atomic E-state index is 0.173. The van der Waals surface area contributed by atoms with Gasteiger partial charge in [0.05, 0.1) is 13.0 Å². The summed E-state index contributed by atoms with van der Waals surface area (Å²) in [6.07, 6.45) is 0.866. The summed E-state index contributed by atoms with van der Waals surface area (Å²) in [7, 11) is 1.60. The number of imide groups is 1. The van der Waals surface area contributed by atoms with Gasteiger partial charge in [-0.05, 0) is 24.1 Å². The van der Waals surface area contributed by atoms with Crippen LogP contribution in [0.25, 0.3) is 0 Å². The molecule has 1 aromatic carbocycles. The summed E-state index contributed by atoms with van der Waals surface area (Å²) in [6.45, 7) is 0. The monoisotopic (exact) mass is 219 g/mol. The summed E-state index contributed by atoms with van der Waals surface area (Å²) < 4.78 is 5.10. The first-order valence-corrected chi connectivity index (χ1v) is 5.15. The Hall–Kier alpha value is -1.84. The molecule has 0 radical (unpaired) electrons. The van der Waals surface area contributed by atoms with Crippen LogP contribution < -0.4 is 10.1 Å². The number of hydrogen-bond acceptors (Lipinski definition) is 3. The van der Waals surface area contributed by atoms with Gasteiger partial charge in [0.15, 0.2) is 0 Å². The lowest BCUT2D eigenvalue weighted by Crippen LogP contribution is -2.22. The highest BCUT2D eigenvalue weighted by Gasteiger charge is 2.30. The van der Waals surface area contributed by atoms with Crippen molar-refractivity contribution < 1.29 is 14.3 Å². The number of carbonyl (C=O) groups is 2. The summed E-state index contributed by atoms with van der Waals surface area (Å²) in [5.41, 5.74) is 1.01. The van der Waals surface area contributed by atoms with Gasteiger partial charge in [0.2, 0.25) is 11.8 Å². The normalized spacial score (nSPS) is 19.7. The first kappa shape index (κ1) is 10.7. The fraction of sp³-hybridized carbons (Fsp3) is 0.333. The average molecular weight is 219 g/mol. The Balaban J connectivity index is 2.09. The van der Waals surface area contributed by atoms with Crippen molar-refractivity contribution >= 4 is 11.8 Å². The molecule has 1 aliphatic rings. The predicted octanol–water partition coefficient (Wildman–Crippen LogP) is 0.900. The molecule has 1 aliphatic heterocycles. The maximum Gasteiger partial charge on any atom is 0.230 e. The Kier molecular flexibility index (Phi) is 2.90. The highest BCUT2D eigenvalue weighted by molar-refractivity contribution is 6.03. The van der Waals surface area contributed by atoms with E-state index in [0.717, 1.165) is 11.3 Å². The predicted molar refractivity (Wildman–Crippen MR) is 58.0 cm³/mol. The number of amides is 2. The largest absolute Gasteiger partial charge is 0.497 e. The van der Waals surface area contributed by atoms with Crippen molar-refractivity contribution in [1.29, 1.82) is 0 Å². The van der Waals surface area contributed by atoms with Crippen LogP contribution in [-0.2, 0) is 16.0 Å². The molecule has 1 heterocycles. The van der Waals surface area contributed by atoms with Gasteiger partial charge < -0.3 is 4.74 Å². The Morgan fingerprint density at radius 2 is 2.25 bits per heavy atom. The quantitative estimate of drug-likeness (QED) is 0.768. The third kappa shape index (κ3) is 2.21. The molecule has 2 rings (SSSR count). The molecule has 1 fully saturated rings. The van der Waals surface area contributed by atoms with E-state index in [4.69, 9.17) is 4.74 Å².